The summed E-state index contributed by atoms with van der Waals surface area (Å²) in [4.78, 5) is 24.9. The van der Waals surface area contributed by atoms with Crippen LogP contribution in [0.2, 0.25) is 0 Å². The van der Waals surface area contributed by atoms with Gasteiger partial charge >= 0.3 is 0 Å². The lowest BCUT2D eigenvalue weighted by Crippen LogP contribution is -2.59. The van der Waals surface area contributed by atoms with Crippen LogP contribution in [0.5, 0.6) is 0 Å². The summed E-state index contributed by atoms with van der Waals surface area (Å²) in [5.41, 5.74) is 1.87. The number of carbonyl (C=O) groups excluding carboxylic acids is 1. The maximum Gasteiger partial charge on any atom is 0.292 e. The highest BCUT2D eigenvalue weighted by molar-refractivity contribution is 5.97. The van der Waals surface area contributed by atoms with Crippen molar-refractivity contribution in [2.75, 3.05) is 25.1 Å². The van der Waals surface area contributed by atoms with Crippen molar-refractivity contribution in [2.24, 2.45) is 23.7 Å². The van der Waals surface area contributed by atoms with Gasteiger partial charge in [0.25, 0.3) is 17.6 Å². The highest BCUT2D eigenvalue weighted by atomic mass is 16.5. The molecule has 190 valence electrons. The maximum atomic E-state index is 12.7. The zero-order valence-electron chi connectivity index (χ0n) is 20.2. The van der Waals surface area contributed by atoms with Gasteiger partial charge in [0.15, 0.2) is 0 Å². The van der Waals surface area contributed by atoms with E-state index in [0.717, 1.165) is 74.9 Å². The van der Waals surface area contributed by atoms with Crippen LogP contribution in [0.3, 0.4) is 0 Å². The summed E-state index contributed by atoms with van der Waals surface area (Å²) in [6, 6.07) is 2.27. The Bertz CT molecular complexity index is 1260. The number of carbonyl (C=O) groups is 1. The molecule has 3 aromatic heterocycles. The Kier molecular flexibility index (Phi) is 5.28. The molecular weight excluding hydrogens is 460 g/mol. The summed E-state index contributed by atoms with van der Waals surface area (Å²) < 4.78 is 11.0. The Hall–Kier alpha value is -2.98. The number of nitrogens with one attached hydrogen (secondary N) is 3. The van der Waals surface area contributed by atoms with Crippen LogP contribution in [0, 0.1) is 23.7 Å². The molecular formula is C26H32N6O4. The quantitative estimate of drug-likeness (QED) is 0.412. The van der Waals surface area contributed by atoms with Crippen LogP contribution < -0.4 is 10.6 Å². The van der Waals surface area contributed by atoms with Gasteiger partial charge in [0.05, 0.1) is 16.9 Å². The fourth-order valence-electron chi connectivity index (χ4n) is 7.40. The molecule has 0 spiro atoms. The first-order valence-electron chi connectivity index (χ1n) is 13.2. The molecule has 10 nitrogen and oxygen atoms in total. The van der Waals surface area contributed by atoms with E-state index < -0.39 is 5.60 Å². The number of rotatable bonds is 6. The van der Waals surface area contributed by atoms with Gasteiger partial charge in [-0.1, -0.05) is 5.16 Å². The van der Waals surface area contributed by atoms with Gasteiger partial charge in [-0.15, -0.1) is 0 Å². The molecule has 8 rings (SSSR count). The molecule has 36 heavy (non-hydrogen) atoms. The van der Waals surface area contributed by atoms with E-state index in [2.05, 4.69) is 30.7 Å². The van der Waals surface area contributed by atoms with Crippen LogP contribution in [-0.2, 0) is 4.74 Å². The zero-order chi connectivity index (χ0) is 24.3. The second-order valence-electron chi connectivity index (χ2n) is 11.3. The average Bonchev–Trinajstić information content (AvgIpc) is 3.54. The highest BCUT2D eigenvalue weighted by Gasteiger charge is 2.54. The summed E-state index contributed by atoms with van der Waals surface area (Å²) >= 11 is 0. The first kappa shape index (κ1) is 22.2. The van der Waals surface area contributed by atoms with E-state index in [-0.39, 0.29) is 23.7 Å². The molecule has 2 unspecified atom stereocenters. The number of pyridine rings is 1. The number of aromatic amines is 1. The molecule has 4 heterocycles. The lowest BCUT2D eigenvalue weighted by Gasteiger charge is -2.58. The number of ether oxygens (including phenoxy) is 1. The lowest BCUT2D eigenvalue weighted by atomic mass is 9.52. The summed E-state index contributed by atoms with van der Waals surface area (Å²) in [6.45, 7) is 2.05. The molecule has 10 heteroatoms. The zero-order valence-corrected chi connectivity index (χ0v) is 20.2. The number of aromatic nitrogens is 4. The predicted molar refractivity (Wildman–Crippen MR) is 131 cm³/mol. The van der Waals surface area contributed by atoms with Crippen molar-refractivity contribution in [2.45, 2.75) is 56.6 Å². The fraction of sp³-hybridized carbons (Fsp3) is 0.615. The normalized spacial score (nSPS) is 31.7. The largest absolute Gasteiger partial charge is 0.390 e. The third-order valence-corrected chi connectivity index (χ3v) is 8.89. The molecule has 1 amide bonds. The number of H-pyrrole nitrogens is 1. The summed E-state index contributed by atoms with van der Waals surface area (Å²) in [6.07, 6.45) is 10.5. The highest BCUT2D eigenvalue weighted by Crippen LogP contribution is 2.56. The van der Waals surface area contributed by atoms with Gasteiger partial charge in [-0.05, 0) is 74.7 Å². The van der Waals surface area contributed by atoms with Crippen LogP contribution in [-0.4, -0.2) is 62.5 Å². The Morgan fingerprint density at radius 3 is 2.78 bits per heavy atom. The number of nitrogens with zero attached hydrogens (tertiary/aromatic N) is 3. The SMILES string of the molecule is O=C(NCC1CCOCC1)c1noc(-c2cnc3[nH]ccc3c2N[C@H]2C3CC4CC2C[C@@](O)(C4)C3)n1. The first-order chi connectivity index (χ1) is 17.5. The Labute approximate surface area is 208 Å². The van der Waals surface area contributed by atoms with E-state index in [9.17, 15) is 9.90 Å². The van der Waals surface area contributed by atoms with Gasteiger partial charge in [0, 0.05) is 43.6 Å². The van der Waals surface area contributed by atoms with E-state index >= 15 is 0 Å². The third-order valence-electron chi connectivity index (χ3n) is 8.89. The van der Waals surface area contributed by atoms with Crippen LogP contribution >= 0.6 is 0 Å². The van der Waals surface area contributed by atoms with E-state index in [1.165, 1.54) is 0 Å². The van der Waals surface area contributed by atoms with E-state index in [4.69, 9.17) is 9.26 Å². The molecule has 1 saturated heterocycles. The van der Waals surface area contributed by atoms with Crippen molar-refractivity contribution < 1.29 is 19.2 Å². The standard InChI is InChI=1S/C26H32N6O4/c33-24(29-12-14-2-5-35-6-3-14)23-31-25(36-32-23)19-13-28-22-18(1-4-27-22)21(19)30-20-16-7-15-8-17(20)11-26(34,9-15)10-16/h1,4,13-17,20,34H,2-3,5-12H2,(H,29,33)(H2,27,28,30)/t15?,16?,17?,20-,26+. The molecule has 4 N–H and O–H groups in total. The summed E-state index contributed by atoms with van der Waals surface area (Å²) in [5.74, 6) is 1.87. The predicted octanol–water partition coefficient (Wildman–Crippen LogP) is 3.12. The second-order valence-corrected chi connectivity index (χ2v) is 11.3. The Morgan fingerprint density at radius 2 is 2.00 bits per heavy atom. The topological polar surface area (TPSA) is 138 Å². The lowest BCUT2D eigenvalue weighted by molar-refractivity contribution is -0.129. The minimum Gasteiger partial charge on any atom is -0.390 e. The Morgan fingerprint density at radius 1 is 1.19 bits per heavy atom. The van der Waals surface area contributed by atoms with Crippen LogP contribution in [0.25, 0.3) is 22.5 Å². The molecule has 4 saturated carbocycles. The van der Waals surface area contributed by atoms with Crippen molar-refractivity contribution in [3.05, 3.63) is 24.3 Å². The van der Waals surface area contributed by atoms with Crippen LogP contribution in [0.1, 0.15) is 55.6 Å². The number of amides is 1. The monoisotopic (exact) mass is 492 g/mol. The van der Waals surface area contributed by atoms with Crippen molar-refractivity contribution >= 4 is 22.6 Å². The smallest absolute Gasteiger partial charge is 0.292 e. The summed E-state index contributed by atoms with van der Waals surface area (Å²) in [7, 11) is 0. The molecule has 2 atom stereocenters. The van der Waals surface area contributed by atoms with Crippen molar-refractivity contribution in [1.29, 1.82) is 0 Å². The molecule has 3 aromatic rings. The number of hydrogen-bond donors (Lipinski definition) is 4. The molecule has 5 aliphatic rings. The minimum absolute atomic E-state index is 0.0222. The molecule has 4 aliphatic carbocycles. The van der Waals surface area contributed by atoms with Crippen molar-refractivity contribution in [3.8, 4) is 11.5 Å². The molecule has 0 radical (unpaired) electrons. The van der Waals surface area contributed by atoms with E-state index in [1.807, 2.05) is 12.3 Å². The second kappa shape index (κ2) is 8.55. The van der Waals surface area contributed by atoms with Gasteiger partial charge in [0.2, 0.25) is 0 Å². The minimum atomic E-state index is -0.488. The van der Waals surface area contributed by atoms with Gasteiger partial charge < -0.3 is 30.0 Å². The van der Waals surface area contributed by atoms with E-state index in [0.29, 0.717) is 35.8 Å². The van der Waals surface area contributed by atoms with Crippen LogP contribution in [0.15, 0.2) is 23.0 Å². The van der Waals surface area contributed by atoms with Crippen molar-refractivity contribution in [1.82, 2.24) is 25.4 Å². The van der Waals surface area contributed by atoms with E-state index in [1.54, 1.807) is 6.20 Å². The van der Waals surface area contributed by atoms with Gasteiger partial charge in [-0.2, -0.15) is 4.98 Å². The molecule has 5 fully saturated rings. The average molecular weight is 493 g/mol. The molecule has 1 aliphatic heterocycles. The molecule has 0 aromatic carbocycles. The number of fused-ring (bicyclic) bond motifs is 1. The van der Waals surface area contributed by atoms with Gasteiger partial charge in [-0.25, -0.2) is 4.98 Å². The van der Waals surface area contributed by atoms with Crippen LogP contribution in [0.4, 0.5) is 5.69 Å². The number of anilines is 1. The molecule has 4 bridgehead atoms. The summed E-state index contributed by atoms with van der Waals surface area (Å²) in [5, 5.41) is 22.7. The Balaban J connectivity index is 1.15. The maximum absolute atomic E-state index is 12.7. The third kappa shape index (κ3) is 3.87. The number of hydrogen-bond acceptors (Lipinski definition) is 8. The van der Waals surface area contributed by atoms with Crippen molar-refractivity contribution in [3.63, 3.8) is 0 Å². The fourth-order valence-corrected chi connectivity index (χ4v) is 7.40. The van der Waals surface area contributed by atoms with Gasteiger partial charge in [-0.3, -0.25) is 4.79 Å². The van der Waals surface area contributed by atoms with Gasteiger partial charge in [0.1, 0.15) is 5.65 Å². The number of aliphatic hydroxyl groups is 1. The first-order valence-corrected chi connectivity index (χ1v) is 13.2.